The summed E-state index contributed by atoms with van der Waals surface area (Å²) in [5, 5.41) is 9.92. The largest absolute Gasteiger partial charge is 0.462 e. The molecule has 0 saturated heterocycles. The van der Waals surface area contributed by atoms with Crippen molar-refractivity contribution < 1.29 is 19.4 Å². The average molecular weight is 240 g/mol. The minimum atomic E-state index is -0.349. The van der Waals surface area contributed by atoms with E-state index in [9.17, 15) is 9.90 Å². The van der Waals surface area contributed by atoms with E-state index in [1.807, 2.05) is 0 Å². The molecule has 0 aromatic rings. The third-order valence-corrected chi connectivity index (χ3v) is 4.08. The summed E-state index contributed by atoms with van der Waals surface area (Å²) in [4.78, 5) is 11.3. The molecule has 0 amide bonds. The lowest BCUT2D eigenvalue weighted by Gasteiger charge is -2.31. The average Bonchev–Trinajstić information content (AvgIpc) is 2.82. The minimum absolute atomic E-state index is 0.0951. The number of fused-ring (bicyclic) bond motifs is 2. The zero-order valence-corrected chi connectivity index (χ0v) is 10.4. The molecule has 5 atom stereocenters. The second-order valence-corrected chi connectivity index (χ2v) is 5.23. The van der Waals surface area contributed by atoms with E-state index in [1.54, 1.807) is 14.0 Å². The molecule has 1 N–H and O–H groups in total. The van der Waals surface area contributed by atoms with Gasteiger partial charge in [0, 0.05) is 12.7 Å². The molecule has 0 heterocycles. The SMILES string of the molecule is C=C(C)C(=O)OCC1CC2CC1C(OC)C2O. The van der Waals surface area contributed by atoms with Gasteiger partial charge in [0.25, 0.3) is 0 Å². The van der Waals surface area contributed by atoms with Gasteiger partial charge in [0.15, 0.2) is 0 Å². The highest BCUT2D eigenvalue weighted by Crippen LogP contribution is 2.49. The fourth-order valence-electron chi connectivity index (χ4n) is 3.22. The number of carbonyl (C=O) groups is 1. The molecule has 0 aliphatic heterocycles. The Balaban J connectivity index is 1.89. The highest BCUT2D eigenvalue weighted by molar-refractivity contribution is 5.86. The van der Waals surface area contributed by atoms with Crippen molar-refractivity contribution >= 4 is 5.97 Å². The molecule has 96 valence electrons. The van der Waals surface area contributed by atoms with E-state index in [0.717, 1.165) is 12.8 Å². The predicted octanol–water partition coefficient (Wildman–Crippen LogP) is 1.14. The summed E-state index contributed by atoms with van der Waals surface area (Å²) >= 11 is 0. The summed E-state index contributed by atoms with van der Waals surface area (Å²) in [5.41, 5.74) is 0.427. The number of hydrogen-bond donors (Lipinski definition) is 1. The predicted molar refractivity (Wildman–Crippen MR) is 62.3 cm³/mol. The van der Waals surface area contributed by atoms with Crippen LogP contribution in [-0.2, 0) is 14.3 Å². The summed E-state index contributed by atoms with van der Waals surface area (Å²) in [6.07, 6.45) is 1.46. The van der Waals surface area contributed by atoms with Crippen LogP contribution in [0.15, 0.2) is 12.2 Å². The van der Waals surface area contributed by atoms with Crippen molar-refractivity contribution in [1.82, 2.24) is 0 Å². The third-order valence-electron chi connectivity index (χ3n) is 4.08. The van der Waals surface area contributed by atoms with Gasteiger partial charge in [-0.05, 0) is 37.5 Å². The van der Waals surface area contributed by atoms with Crippen molar-refractivity contribution in [3.63, 3.8) is 0 Å². The molecule has 2 saturated carbocycles. The van der Waals surface area contributed by atoms with E-state index in [-0.39, 0.29) is 18.2 Å². The number of rotatable bonds is 4. The van der Waals surface area contributed by atoms with Crippen molar-refractivity contribution in [3.05, 3.63) is 12.2 Å². The molecule has 4 nitrogen and oxygen atoms in total. The maximum atomic E-state index is 11.3. The first-order chi connectivity index (χ1) is 8.04. The van der Waals surface area contributed by atoms with Crippen LogP contribution in [0.3, 0.4) is 0 Å². The second kappa shape index (κ2) is 4.78. The number of carbonyl (C=O) groups excluding carboxylic acids is 1. The first kappa shape index (κ1) is 12.6. The summed E-state index contributed by atoms with van der Waals surface area (Å²) in [6, 6.07) is 0. The lowest BCUT2D eigenvalue weighted by Crippen LogP contribution is -2.39. The Kier molecular flexibility index (Phi) is 3.54. The molecule has 17 heavy (non-hydrogen) atoms. The first-order valence-electron chi connectivity index (χ1n) is 6.08. The van der Waals surface area contributed by atoms with Gasteiger partial charge in [-0.1, -0.05) is 6.58 Å². The van der Waals surface area contributed by atoms with Crippen LogP contribution in [0.25, 0.3) is 0 Å². The molecule has 5 unspecified atom stereocenters. The van der Waals surface area contributed by atoms with E-state index in [1.165, 1.54) is 0 Å². The van der Waals surface area contributed by atoms with Gasteiger partial charge >= 0.3 is 5.97 Å². The van der Waals surface area contributed by atoms with Crippen molar-refractivity contribution in [2.24, 2.45) is 17.8 Å². The van der Waals surface area contributed by atoms with Gasteiger partial charge in [-0.3, -0.25) is 0 Å². The van der Waals surface area contributed by atoms with Crippen LogP contribution in [0.2, 0.25) is 0 Å². The lowest BCUT2D eigenvalue weighted by atomic mass is 9.85. The van der Waals surface area contributed by atoms with Crippen molar-refractivity contribution in [3.8, 4) is 0 Å². The number of ether oxygens (including phenoxy) is 2. The quantitative estimate of drug-likeness (QED) is 0.591. The van der Waals surface area contributed by atoms with Crippen LogP contribution >= 0.6 is 0 Å². The Hall–Kier alpha value is -0.870. The van der Waals surface area contributed by atoms with Crippen LogP contribution in [0, 0.1) is 17.8 Å². The Morgan fingerprint density at radius 2 is 2.18 bits per heavy atom. The number of methoxy groups -OCH3 is 1. The maximum Gasteiger partial charge on any atom is 0.333 e. The molecule has 4 heteroatoms. The van der Waals surface area contributed by atoms with Gasteiger partial charge < -0.3 is 14.6 Å². The van der Waals surface area contributed by atoms with E-state index < -0.39 is 0 Å². The fraction of sp³-hybridized carbons (Fsp3) is 0.769. The Morgan fingerprint density at radius 1 is 1.47 bits per heavy atom. The number of esters is 1. The molecular weight excluding hydrogens is 220 g/mol. The monoisotopic (exact) mass is 240 g/mol. The first-order valence-corrected chi connectivity index (χ1v) is 6.08. The standard InChI is InChI=1S/C13H20O4/c1-7(2)13(15)17-6-9-4-8-5-10(9)12(16-3)11(8)14/h8-12,14H,1,4-6H2,2-3H3. The number of aliphatic hydroxyl groups excluding tert-OH is 1. The molecule has 2 aliphatic rings. The topological polar surface area (TPSA) is 55.8 Å². The molecule has 2 aliphatic carbocycles. The van der Waals surface area contributed by atoms with Crippen molar-refractivity contribution in [2.45, 2.75) is 32.0 Å². The Morgan fingerprint density at radius 3 is 2.71 bits per heavy atom. The fourth-order valence-corrected chi connectivity index (χ4v) is 3.22. The highest BCUT2D eigenvalue weighted by atomic mass is 16.5. The van der Waals surface area contributed by atoms with Gasteiger partial charge in [-0.15, -0.1) is 0 Å². The zero-order valence-electron chi connectivity index (χ0n) is 10.4. The van der Waals surface area contributed by atoms with Gasteiger partial charge in [0.1, 0.15) is 0 Å². The van der Waals surface area contributed by atoms with Crippen LogP contribution in [-0.4, -0.2) is 37.0 Å². The van der Waals surface area contributed by atoms with Gasteiger partial charge in [0.2, 0.25) is 0 Å². The van der Waals surface area contributed by atoms with Crippen LogP contribution < -0.4 is 0 Å². The van der Waals surface area contributed by atoms with E-state index >= 15 is 0 Å². The molecule has 0 spiro atoms. The Labute approximate surface area is 102 Å². The molecule has 2 bridgehead atoms. The van der Waals surface area contributed by atoms with Crippen LogP contribution in [0.1, 0.15) is 19.8 Å². The van der Waals surface area contributed by atoms with E-state index in [2.05, 4.69) is 6.58 Å². The van der Waals surface area contributed by atoms with Gasteiger partial charge in [-0.25, -0.2) is 4.79 Å². The summed E-state index contributed by atoms with van der Waals surface area (Å²) < 4.78 is 10.5. The summed E-state index contributed by atoms with van der Waals surface area (Å²) in [5.74, 6) is 0.607. The maximum absolute atomic E-state index is 11.3. The highest BCUT2D eigenvalue weighted by Gasteiger charge is 2.52. The molecule has 0 aromatic heterocycles. The van der Waals surface area contributed by atoms with Crippen LogP contribution in [0.5, 0.6) is 0 Å². The van der Waals surface area contributed by atoms with E-state index in [4.69, 9.17) is 9.47 Å². The van der Waals surface area contributed by atoms with Gasteiger partial charge in [-0.2, -0.15) is 0 Å². The smallest absolute Gasteiger partial charge is 0.333 e. The van der Waals surface area contributed by atoms with Crippen molar-refractivity contribution in [2.75, 3.05) is 13.7 Å². The zero-order chi connectivity index (χ0) is 12.6. The summed E-state index contributed by atoms with van der Waals surface area (Å²) in [7, 11) is 1.63. The second-order valence-electron chi connectivity index (χ2n) is 5.23. The van der Waals surface area contributed by atoms with Crippen molar-refractivity contribution in [1.29, 1.82) is 0 Å². The molecular formula is C13H20O4. The Bertz CT molecular complexity index is 325. The number of hydrogen-bond acceptors (Lipinski definition) is 4. The third kappa shape index (κ3) is 2.24. The molecule has 0 aromatic carbocycles. The van der Waals surface area contributed by atoms with E-state index in [0.29, 0.717) is 29.9 Å². The normalized spacial score (nSPS) is 39.4. The molecule has 2 fully saturated rings. The number of aliphatic hydroxyl groups is 1. The van der Waals surface area contributed by atoms with Gasteiger partial charge in [0.05, 0.1) is 18.8 Å². The lowest BCUT2D eigenvalue weighted by molar-refractivity contribution is -0.142. The van der Waals surface area contributed by atoms with Crippen LogP contribution in [0.4, 0.5) is 0 Å². The molecule has 0 radical (unpaired) electrons. The minimum Gasteiger partial charge on any atom is -0.462 e. The summed E-state index contributed by atoms with van der Waals surface area (Å²) in [6.45, 7) is 5.61. The molecule has 2 rings (SSSR count).